The number of carbonyl (C=O) groups excluding carboxylic acids is 1. The zero-order valence-electron chi connectivity index (χ0n) is 18.3. The maximum atomic E-state index is 12.2. The summed E-state index contributed by atoms with van der Waals surface area (Å²) in [5, 5.41) is 17.6. The number of oxime groups is 1. The molecule has 0 atom stereocenters. The normalized spacial score (nSPS) is 10.6. The van der Waals surface area contributed by atoms with Crippen molar-refractivity contribution in [1.82, 2.24) is 0 Å². The molecular weight excluding hydrogens is 506 g/mol. The third kappa shape index (κ3) is 7.31. The minimum absolute atomic E-state index is 0.0107. The van der Waals surface area contributed by atoms with Crippen molar-refractivity contribution in [3.63, 3.8) is 0 Å². The molecule has 0 aliphatic rings. The predicted molar refractivity (Wildman–Crippen MR) is 131 cm³/mol. The number of para-hydroxylation sites is 1. The van der Waals surface area contributed by atoms with Gasteiger partial charge in [0.1, 0.15) is 6.61 Å². The first kappa shape index (κ1) is 24.7. The van der Waals surface area contributed by atoms with Crippen LogP contribution in [0.4, 0.5) is 11.4 Å². The van der Waals surface area contributed by atoms with Gasteiger partial charge in [0.05, 0.1) is 22.2 Å². The number of hydrogen-bond acceptors (Lipinski definition) is 7. The number of carbonyl (C=O) groups is 1. The van der Waals surface area contributed by atoms with Gasteiger partial charge in [0, 0.05) is 23.4 Å². The maximum absolute atomic E-state index is 12.2. The Kier molecular flexibility index (Phi) is 8.98. The van der Waals surface area contributed by atoms with Crippen LogP contribution in [-0.2, 0) is 16.2 Å². The Morgan fingerprint density at radius 2 is 1.91 bits per heavy atom. The number of anilines is 1. The summed E-state index contributed by atoms with van der Waals surface area (Å²) in [6.07, 6.45) is 1.48. The van der Waals surface area contributed by atoms with Crippen LogP contribution in [0.3, 0.4) is 0 Å². The van der Waals surface area contributed by atoms with E-state index in [9.17, 15) is 14.9 Å². The van der Waals surface area contributed by atoms with Crippen molar-refractivity contribution in [3.8, 4) is 11.5 Å². The van der Waals surface area contributed by atoms with E-state index in [-0.39, 0.29) is 24.8 Å². The second-order valence-corrected chi connectivity index (χ2v) is 7.76. The van der Waals surface area contributed by atoms with Crippen molar-refractivity contribution >= 4 is 39.4 Å². The minimum atomic E-state index is -0.464. The molecule has 0 spiro atoms. The van der Waals surface area contributed by atoms with Crippen molar-refractivity contribution in [2.24, 2.45) is 5.16 Å². The average molecular weight is 528 g/mol. The molecule has 0 saturated carbocycles. The van der Waals surface area contributed by atoms with Crippen LogP contribution in [0.2, 0.25) is 0 Å². The fraction of sp³-hybridized carbons (Fsp3) is 0.167. The average Bonchev–Trinajstić information content (AvgIpc) is 2.82. The van der Waals surface area contributed by atoms with E-state index in [4.69, 9.17) is 14.3 Å². The Morgan fingerprint density at radius 1 is 1.12 bits per heavy atom. The van der Waals surface area contributed by atoms with E-state index in [0.29, 0.717) is 39.4 Å². The lowest BCUT2D eigenvalue weighted by Gasteiger charge is -2.14. The summed E-state index contributed by atoms with van der Waals surface area (Å²) in [7, 11) is 0. The van der Waals surface area contributed by atoms with E-state index in [1.54, 1.807) is 36.4 Å². The van der Waals surface area contributed by atoms with E-state index in [0.717, 1.165) is 0 Å². The molecule has 0 fully saturated rings. The largest absolute Gasteiger partial charge is 0.490 e. The first-order valence-corrected chi connectivity index (χ1v) is 11.1. The first-order chi connectivity index (χ1) is 16.5. The Labute approximate surface area is 204 Å². The van der Waals surface area contributed by atoms with Gasteiger partial charge >= 0.3 is 0 Å². The Hall–Kier alpha value is -3.92. The molecule has 0 radical (unpaired) electrons. The number of hydrogen-bond donors (Lipinski definition) is 1. The van der Waals surface area contributed by atoms with E-state index in [1.807, 2.05) is 25.1 Å². The number of halogens is 1. The predicted octanol–water partition coefficient (Wildman–Crippen LogP) is 5.32. The number of amides is 1. The standard InChI is InChI=1S/C24H22BrN3O6/c1-2-32-22-13-18(14-26-34-15-17-7-6-10-20(11-17)28(30)31)12-21(25)24(22)33-16-23(29)27-19-8-4-3-5-9-19/h3-14H,2,15-16H2,1H3,(H,27,29)/b26-14-. The highest BCUT2D eigenvalue weighted by atomic mass is 79.9. The fourth-order valence-corrected chi connectivity index (χ4v) is 3.47. The fourth-order valence-electron chi connectivity index (χ4n) is 2.89. The highest BCUT2D eigenvalue weighted by Crippen LogP contribution is 2.36. The second-order valence-electron chi connectivity index (χ2n) is 6.90. The van der Waals surface area contributed by atoms with Crippen LogP contribution in [0.1, 0.15) is 18.1 Å². The number of non-ortho nitro benzene ring substituents is 1. The molecule has 0 aliphatic carbocycles. The quantitative estimate of drug-likeness (QED) is 0.205. The number of ether oxygens (including phenoxy) is 2. The Bertz CT molecular complexity index is 1170. The van der Waals surface area contributed by atoms with Gasteiger partial charge in [-0.05, 0) is 52.7 Å². The zero-order valence-corrected chi connectivity index (χ0v) is 19.9. The molecule has 0 saturated heterocycles. The lowest BCUT2D eigenvalue weighted by atomic mass is 10.2. The highest BCUT2D eigenvalue weighted by Gasteiger charge is 2.14. The molecule has 3 aromatic carbocycles. The third-order valence-electron chi connectivity index (χ3n) is 4.37. The number of rotatable bonds is 11. The topological polar surface area (TPSA) is 112 Å². The monoisotopic (exact) mass is 527 g/mol. The Morgan fingerprint density at radius 3 is 2.65 bits per heavy atom. The minimum Gasteiger partial charge on any atom is -0.490 e. The van der Waals surface area contributed by atoms with Crippen molar-refractivity contribution in [2.45, 2.75) is 13.5 Å². The summed E-state index contributed by atoms with van der Waals surface area (Å²) in [5.41, 5.74) is 1.95. The van der Waals surface area contributed by atoms with Crippen LogP contribution >= 0.6 is 15.9 Å². The van der Waals surface area contributed by atoms with Crippen LogP contribution in [-0.4, -0.2) is 30.3 Å². The summed E-state index contributed by atoms with van der Waals surface area (Å²) >= 11 is 3.45. The van der Waals surface area contributed by atoms with Crippen LogP contribution in [0.15, 0.2) is 76.4 Å². The van der Waals surface area contributed by atoms with Crippen LogP contribution in [0.25, 0.3) is 0 Å². The van der Waals surface area contributed by atoms with Gasteiger partial charge < -0.3 is 19.6 Å². The first-order valence-electron chi connectivity index (χ1n) is 10.3. The highest BCUT2D eigenvalue weighted by molar-refractivity contribution is 9.10. The molecule has 9 nitrogen and oxygen atoms in total. The number of nitrogens with zero attached hydrogens (tertiary/aromatic N) is 2. The van der Waals surface area contributed by atoms with Crippen molar-refractivity contribution in [2.75, 3.05) is 18.5 Å². The lowest BCUT2D eigenvalue weighted by molar-refractivity contribution is -0.384. The van der Waals surface area contributed by atoms with E-state index >= 15 is 0 Å². The van der Waals surface area contributed by atoms with E-state index < -0.39 is 4.92 Å². The molecular formula is C24H22BrN3O6. The van der Waals surface area contributed by atoms with Crippen molar-refractivity contribution in [3.05, 3.63) is 92.4 Å². The van der Waals surface area contributed by atoms with Crippen LogP contribution < -0.4 is 14.8 Å². The molecule has 1 amide bonds. The molecule has 0 heterocycles. The molecule has 176 valence electrons. The van der Waals surface area contributed by atoms with Gasteiger partial charge in [0.15, 0.2) is 18.1 Å². The van der Waals surface area contributed by atoms with E-state index in [2.05, 4.69) is 26.4 Å². The van der Waals surface area contributed by atoms with Gasteiger partial charge in [-0.3, -0.25) is 14.9 Å². The number of benzene rings is 3. The van der Waals surface area contributed by atoms with Crippen LogP contribution in [0, 0.1) is 10.1 Å². The summed E-state index contributed by atoms with van der Waals surface area (Å²) in [6, 6.07) is 18.7. The van der Waals surface area contributed by atoms with Gasteiger partial charge in [-0.2, -0.15) is 0 Å². The molecule has 0 aromatic heterocycles. The van der Waals surface area contributed by atoms with Gasteiger partial charge in [0.2, 0.25) is 0 Å². The van der Waals surface area contributed by atoms with E-state index in [1.165, 1.54) is 18.3 Å². The third-order valence-corrected chi connectivity index (χ3v) is 4.95. The summed E-state index contributed by atoms with van der Waals surface area (Å²) in [4.78, 5) is 27.9. The smallest absolute Gasteiger partial charge is 0.269 e. The summed E-state index contributed by atoms with van der Waals surface area (Å²) in [6.45, 7) is 2.11. The molecule has 3 rings (SSSR count). The maximum Gasteiger partial charge on any atom is 0.269 e. The van der Waals surface area contributed by atoms with Crippen molar-refractivity contribution in [1.29, 1.82) is 0 Å². The SMILES string of the molecule is CCOc1cc(/C=N\OCc2cccc([N+](=O)[O-])c2)cc(Br)c1OCC(=O)Nc1ccccc1. The molecule has 0 unspecified atom stereocenters. The van der Waals surface area contributed by atoms with Gasteiger partial charge in [0.25, 0.3) is 11.6 Å². The zero-order chi connectivity index (χ0) is 24.3. The molecule has 3 aromatic rings. The lowest BCUT2D eigenvalue weighted by Crippen LogP contribution is -2.20. The Balaban J connectivity index is 1.62. The molecule has 34 heavy (non-hydrogen) atoms. The molecule has 0 aliphatic heterocycles. The number of nitro groups is 1. The molecule has 1 N–H and O–H groups in total. The van der Waals surface area contributed by atoms with Gasteiger partial charge in [-0.1, -0.05) is 35.5 Å². The molecule has 0 bridgehead atoms. The molecule has 10 heteroatoms. The van der Waals surface area contributed by atoms with Gasteiger partial charge in [-0.15, -0.1) is 0 Å². The van der Waals surface area contributed by atoms with Gasteiger partial charge in [-0.25, -0.2) is 0 Å². The summed E-state index contributed by atoms with van der Waals surface area (Å²) in [5.74, 6) is 0.519. The number of nitrogens with one attached hydrogen (secondary N) is 1. The summed E-state index contributed by atoms with van der Waals surface area (Å²) < 4.78 is 12.0. The number of nitro benzene ring substituents is 1. The van der Waals surface area contributed by atoms with Crippen molar-refractivity contribution < 1.29 is 24.0 Å². The van der Waals surface area contributed by atoms with Crippen LogP contribution in [0.5, 0.6) is 11.5 Å². The second kappa shape index (κ2) is 12.4.